The van der Waals surface area contributed by atoms with Crippen LogP contribution in [0.2, 0.25) is 5.02 Å². The molecule has 1 aliphatic rings. The first-order chi connectivity index (χ1) is 12.4. The first-order valence-electron chi connectivity index (χ1n) is 8.05. The fraction of sp³-hybridized carbons (Fsp3) is 0.211. The van der Waals surface area contributed by atoms with E-state index in [9.17, 15) is 9.59 Å². The van der Waals surface area contributed by atoms with E-state index < -0.39 is 5.91 Å². The van der Waals surface area contributed by atoms with Crippen molar-refractivity contribution in [3.8, 4) is 0 Å². The number of nitrogens with one attached hydrogen (secondary N) is 1. The van der Waals surface area contributed by atoms with Gasteiger partial charge in [0.05, 0.1) is 22.0 Å². The van der Waals surface area contributed by atoms with E-state index >= 15 is 0 Å². The number of hydrogen-bond donors (Lipinski definition) is 1. The third-order valence-corrected chi connectivity index (χ3v) is 5.52. The van der Waals surface area contributed by atoms with Crippen LogP contribution in [0.3, 0.4) is 0 Å². The maximum absolute atomic E-state index is 12.5. The molecule has 2 aromatic rings. The van der Waals surface area contributed by atoms with E-state index in [0.717, 1.165) is 22.4 Å². The molecule has 0 spiro atoms. The lowest BCUT2D eigenvalue weighted by molar-refractivity contribution is -0.115. The number of amides is 2. The number of nitrogens with zero attached hydrogens (tertiary/aromatic N) is 2. The van der Waals surface area contributed by atoms with Gasteiger partial charge in [0.2, 0.25) is 5.91 Å². The fourth-order valence-corrected chi connectivity index (χ4v) is 3.78. The molecule has 134 valence electrons. The van der Waals surface area contributed by atoms with Gasteiger partial charge in [0.15, 0.2) is 5.17 Å². The van der Waals surface area contributed by atoms with Crippen molar-refractivity contribution in [2.45, 2.75) is 20.8 Å². The maximum atomic E-state index is 12.5. The smallest absolute Gasteiger partial charge is 0.272 e. The molecule has 2 amide bonds. The summed E-state index contributed by atoms with van der Waals surface area (Å²) in [6, 6.07) is 10.8. The minimum Gasteiger partial charge on any atom is -0.273 e. The minimum absolute atomic E-state index is 0.0578. The molecule has 1 N–H and O–H groups in total. The highest BCUT2D eigenvalue weighted by atomic mass is 35.5. The SMILES string of the molecule is Cc1ccc(C)c(N2C(=O)CS/C2=N/NC(=O)c2ccccc2Cl)c1C. The topological polar surface area (TPSA) is 61.8 Å². The number of halogens is 1. The Morgan fingerprint density at radius 1 is 1.15 bits per heavy atom. The molecule has 2 aromatic carbocycles. The molecule has 5 nitrogen and oxygen atoms in total. The van der Waals surface area contributed by atoms with Crippen LogP contribution < -0.4 is 10.3 Å². The molecule has 0 aromatic heterocycles. The molecule has 0 atom stereocenters. The quantitative estimate of drug-likeness (QED) is 0.808. The number of rotatable bonds is 3. The standard InChI is InChI=1S/C19H18ClN3O2S/c1-11-8-9-12(2)17(13(11)3)23-16(24)10-26-19(23)22-21-18(25)14-6-4-5-7-15(14)20/h4-9H,10H2,1-3H3,(H,21,25)/b22-19+. The summed E-state index contributed by atoms with van der Waals surface area (Å²) in [5, 5.41) is 4.99. The highest BCUT2D eigenvalue weighted by Gasteiger charge is 2.32. The van der Waals surface area contributed by atoms with Crippen molar-refractivity contribution in [3.05, 3.63) is 63.7 Å². The third kappa shape index (κ3) is 3.48. The highest BCUT2D eigenvalue weighted by molar-refractivity contribution is 8.15. The molecule has 26 heavy (non-hydrogen) atoms. The van der Waals surface area contributed by atoms with Gasteiger partial charge < -0.3 is 0 Å². The summed E-state index contributed by atoms with van der Waals surface area (Å²) in [7, 11) is 0. The van der Waals surface area contributed by atoms with Crippen molar-refractivity contribution >= 4 is 46.0 Å². The number of anilines is 1. The van der Waals surface area contributed by atoms with Crippen LogP contribution in [-0.4, -0.2) is 22.7 Å². The van der Waals surface area contributed by atoms with Gasteiger partial charge in [-0.05, 0) is 49.6 Å². The monoisotopic (exact) mass is 387 g/mol. The van der Waals surface area contributed by atoms with Gasteiger partial charge in [0.25, 0.3) is 5.91 Å². The number of aryl methyl sites for hydroxylation is 2. The zero-order valence-electron chi connectivity index (χ0n) is 14.7. The number of carbonyl (C=O) groups is 2. The molecule has 1 heterocycles. The molecule has 0 aliphatic carbocycles. The van der Waals surface area contributed by atoms with E-state index in [1.165, 1.54) is 11.8 Å². The minimum atomic E-state index is -0.416. The number of hydrogen-bond acceptors (Lipinski definition) is 4. The first-order valence-corrected chi connectivity index (χ1v) is 9.41. The van der Waals surface area contributed by atoms with Crippen molar-refractivity contribution in [2.24, 2.45) is 5.10 Å². The second kappa shape index (κ2) is 7.51. The molecule has 1 saturated heterocycles. The van der Waals surface area contributed by atoms with Crippen molar-refractivity contribution in [1.82, 2.24) is 5.43 Å². The summed E-state index contributed by atoms with van der Waals surface area (Å²) in [5.41, 5.74) is 6.76. The zero-order valence-corrected chi connectivity index (χ0v) is 16.2. The van der Waals surface area contributed by atoms with E-state index in [-0.39, 0.29) is 11.7 Å². The van der Waals surface area contributed by atoms with Crippen LogP contribution in [-0.2, 0) is 4.79 Å². The molecule has 7 heteroatoms. The van der Waals surface area contributed by atoms with E-state index in [0.29, 0.717) is 15.8 Å². The number of thioether (sulfide) groups is 1. The summed E-state index contributed by atoms with van der Waals surface area (Å²) in [4.78, 5) is 26.4. The van der Waals surface area contributed by atoms with Crippen LogP contribution in [0, 0.1) is 20.8 Å². The van der Waals surface area contributed by atoms with Gasteiger partial charge in [-0.15, -0.1) is 5.10 Å². The number of benzene rings is 2. The molecule has 0 bridgehead atoms. The van der Waals surface area contributed by atoms with Gasteiger partial charge in [-0.25, -0.2) is 5.43 Å². The Morgan fingerprint density at radius 2 is 1.85 bits per heavy atom. The summed E-state index contributed by atoms with van der Waals surface area (Å²) in [6.45, 7) is 5.94. The molecular formula is C19H18ClN3O2S. The van der Waals surface area contributed by atoms with Gasteiger partial charge in [-0.3, -0.25) is 14.5 Å². The molecule has 0 unspecified atom stereocenters. The van der Waals surface area contributed by atoms with Crippen LogP contribution in [0.25, 0.3) is 0 Å². The molecular weight excluding hydrogens is 370 g/mol. The number of amidine groups is 1. The zero-order chi connectivity index (χ0) is 18.8. The Labute approximate surface area is 161 Å². The van der Waals surface area contributed by atoms with Crippen LogP contribution >= 0.6 is 23.4 Å². The van der Waals surface area contributed by atoms with Crippen LogP contribution in [0.1, 0.15) is 27.0 Å². The Bertz CT molecular complexity index is 927. The predicted molar refractivity (Wildman–Crippen MR) is 107 cm³/mol. The van der Waals surface area contributed by atoms with Gasteiger partial charge in [0, 0.05) is 0 Å². The molecule has 1 aliphatic heterocycles. The van der Waals surface area contributed by atoms with Crippen molar-refractivity contribution in [2.75, 3.05) is 10.7 Å². The fourth-order valence-electron chi connectivity index (χ4n) is 2.75. The lowest BCUT2D eigenvalue weighted by Crippen LogP contribution is -2.33. The van der Waals surface area contributed by atoms with Crippen molar-refractivity contribution < 1.29 is 9.59 Å². The summed E-state index contributed by atoms with van der Waals surface area (Å²) >= 11 is 7.34. The summed E-state index contributed by atoms with van der Waals surface area (Å²) in [6.07, 6.45) is 0. The van der Waals surface area contributed by atoms with E-state index in [4.69, 9.17) is 11.6 Å². The second-order valence-electron chi connectivity index (χ2n) is 6.01. The second-order valence-corrected chi connectivity index (χ2v) is 7.36. The predicted octanol–water partition coefficient (Wildman–Crippen LogP) is 4.05. The van der Waals surface area contributed by atoms with Gasteiger partial charge in [0.1, 0.15) is 0 Å². The lowest BCUT2D eigenvalue weighted by Gasteiger charge is -2.22. The van der Waals surface area contributed by atoms with E-state index in [2.05, 4.69) is 10.5 Å². The molecule has 3 rings (SSSR count). The Hall–Kier alpha value is -2.31. The summed E-state index contributed by atoms with van der Waals surface area (Å²) in [5.74, 6) is -0.189. The normalized spacial score (nSPS) is 15.6. The lowest BCUT2D eigenvalue weighted by atomic mass is 10.0. The van der Waals surface area contributed by atoms with Gasteiger partial charge in [-0.1, -0.05) is 47.6 Å². The number of carbonyl (C=O) groups excluding carboxylic acids is 2. The summed E-state index contributed by atoms with van der Waals surface area (Å²) < 4.78 is 0. The average Bonchev–Trinajstić information content (AvgIpc) is 2.98. The molecule has 0 saturated carbocycles. The maximum Gasteiger partial charge on any atom is 0.272 e. The van der Waals surface area contributed by atoms with Gasteiger partial charge in [-0.2, -0.15) is 0 Å². The third-order valence-electron chi connectivity index (χ3n) is 4.26. The Balaban J connectivity index is 1.92. The Kier molecular flexibility index (Phi) is 5.34. The van der Waals surface area contributed by atoms with Gasteiger partial charge >= 0.3 is 0 Å². The van der Waals surface area contributed by atoms with Crippen LogP contribution in [0.15, 0.2) is 41.5 Å². The van der Waals surface area contributed by atoms with E-state index in [1.807, 2.05) is 32.9 Å². The van der Waals surface area contributed by atoms with E-state index in [1.54, 1.807) is 29.2 Å². The van der Waals surface area contributed by atoms with Crippen molar-refractivity contribution in [3.63, 3.8) is 0 Å². The first kappa shape index (κ1) is 18.5. The molecule has 1 fully saturated rings. The van der Waals surface area contributed by atoms with Crippen LogP contribution in [0.4, 0.5) is 5.69 Å². The Morgan fingerprint density at radius 3 is 2.58 bits per heavy atom. The molecule has 0 radical (unpaired) electrons. The van der Waals surface area contributed by atoms with Crippen molar-refractivity contribution in [1.29, 1.82) is 0 Å². The highest BCUT2D eigenvalue weighted by Crippen LogP contribution is 2.33. The average molecular weight is 388 g/mol. The largest absolute Gasteiger partial charge is 0.273 e. The number of hydrazone groups is 1. The van der Waals surface area contributed by atoms with Crippen LogP contribution in [0.5, 0.6) is 0 Å².